The summed E-state index contributed by atoms with van der Waals surface area (Å²) < 4.78 is 5.21. The number of fused-ring (bicyclic) bond motifs is 1. The van der Waals surface area contributed by atoms with Gasteiger partial charge in [-0.3, -0.25) is 9.59 Å². The Bertz CT molecular complexity index is 693. The first-order valence-corrected chi connectivity index (χ1v) is 6.01. The zero-order chi connectivity index (χ0) is 14.0. The van der Waals surface area contributed by atoms with E-state index in [4.69, 9.17) is 21.4 Å². The highest BCUT2D eigenvalue weighted by atomic mass is 35.5. The van der Waals surface area contributed by atoms with Crippen molar-refractivity contribution in [2.24, 2.45) is 0 Å². The molecule has 1 aromatic heterocycles. The standard InChI is InChI=1S/C13H12ClNO4/c1-19-10-4-3-9(14)12-8(10)6-7(13(18)15-12)2-5-11(16)17/h3-4,6H,2,5H2,1H3,(H,15,18)(H,16,17). The number of halogens is 1. The van der Waals surface area contributed by atoms with E-state index in [1.165, 1.54) is 7.11 Å². The maximum Gasteiger partial charge on any atom is 0.303 e. The summed E-state index contributed by atoms with van der Waals surface area (Å²) in [6, 6.07) is 4.96. The van der Waals surface area contributed by atoms with E-state index in [2.05, 4.69) is 4.98 Å². The molecule has 0 amide bonds. The number of H-pyrrole nitrogens is 1. The van der Waals surface area contributed by atoms with Crippen LogP contribution in [-0.2, 0) is 11.2 Å². The molecule has 19 heavy (non-hydrogen) atoms. The number of benzene rings is 1. The summed E-state index contributed by atoms with van der Waals surface area (Å²) in [4.78, 5) is 25.1. The molecule has 0 radical (unpaired) electrons. The van der Waals surface area contributed by atoms with Crippen molar-refractivity contribution < 1.29 is 14.6 Å². The van der Waals surface area contributed by atoms with Gasteiger partial charge < -0.3 is 14.8 Å². The number of rotatable bonds is 4. The minimum atomic E-state index is -0.947. The van der Waals surface area contributed by atoms with Gasteiger partial charge in [-0.25, -0.2) is 0 Å². The van der Waals surface area contributed by atoms with Gasteiger partial charge in [0.15, 0.2) is 0 Å². The van der Waals surface area contributed by atoms with E-state index in [0.29, 0.717) is 27.2 Å². The Morgan fingerprint density at radius 1 is 1.47 bits per heavy atom. The lowest BCUT2D eigenvalue weighted by molar-refractivity contribution is -0.136. The average Bonchev–Trinajstić information content (AvgIpc) is 2.37. The number of nitrogens with one attached hydrogen (secondary N) is 1. The largest absolute Gasteiger partial charge is 0.496 e. The predicted molar refractivity (Wildman–Crippen MR) is 72.1 cm³/mol. The molecule has 0 bridgehead atoms. The summed E-state index contributed by atoms with van der Waals surface area (Å²) in [7, 11) is 1.52. The summed E-state index contributed by atoms with van der Waals surface area (Å²) in [5, 5.41) is 9.74. The van der Waals surface area contributed by atoms with Crippen molar-refractivity contribution in [2.75, 3.05) is 7.11 Å². The molecule has 0 atom stereocenters. The van der Waals surface area contributed by atoms with E-state index in [9.17, 15) is 9.59 Å². The minimum absolute atomic E-state index is 0.0997. The van der Waals surface area contributed by atoms with Crippen molar-refractivity contribution in [1.82, 2.24) is 4.98 Å². The summed E-state index contributed by atoms with van der Waals surface area (Å²) in [5.41, 5.74) is 0.560. The summed E-state index contributed by atoms with van der Waals surface area (Å²) in [5.74, 6) is -0.371. The normalized spacial score (nSPS) is 10.6. The van der Waals surface area contributed by atoms with Crippen LogP contribution >= 0.6 is 11.6 Å². The molecule has 0 unspecified atom stereocenters. The third-order valence-corrected chi connectivity index (χ3v) is 3.15. The van der Waals surface area contributed by atoms with Crippen LogP contribution in [0.2, 0.25) is 5.02 Å². The zero-order valence-electron chi connectivity index (χ0n) is 10.2. The quantitative estimate of drug-likeness (QED) is 0.900. The number of carbonyl (C=O) groups is 1. The van der Waals surface area contributed by atoms with Crippen LogP contribution in [-0.4, -0.2) is 23.2 Å². The number of carboxylic acids is 1. The number of carboxylic acid groups (broad SMARTS) is 1. The summed E-state index contributed by atoms with van der Waals surface area (Å²) in [6.07, 6.45) is 0.0632. The van der Waals surface area contributed by atoms with Crippen LogP contribution in [0.15, 0.2) is 23.0 Å². The minimum Gasteiger partial charge on any atom is -0.496 e. The van der Waals surface area contributed by atoms with Gasteiger partial charge in [-0.05, 0) is 24.6 Å². The molecular formula is C13H12ClNO4. The second-order valence-electron chi connectivity index (χ2n) is 4.06. The number of pyridine rings is 1. The van der Waals surface area contributed by atoms with Crippen LogP contribution in [0, 0.1) is 0 Å². The Kier molecular flexibility index (Phi) is 3.76. The fraction of sp³-hybridized carbons (Fsp3) is 0.231. The van der Waals surface area contributed by atoms with E-state index >= 15 is 0 Å². The number of hydrogen-bond acceptors (Lipinski definition) is 3. The molecule has 6 heteroatoms. The number of ether oxygens (including phenoxy) is 1. The fourth-order valence-corrected chi connectivity index (χ4v) is 2.10. The number of aromatic nitrogens is 1. The van der Waals surface area contributed by atoms with Crippen molar-refractivity contribution in [3.8, 4) is 5.75 Å². The van der Waals surface area contributed by atoms with Crippen LogP contribution in [0.3, 0.4) is 0 Å². The van der Waals surface area contributed by atoms with Gasteiger partial charge in [-0.15, -0.1) is 0 Å². The molecule has 5 nitrogen and oxygen atoms in total. The number of methoxy groups -OCH3 is 1. The molecule has 0 spiro atoms. The highest BCUT2D eigenvalue weighted by Crippen LogP contribution is 2.29. The van der Waals surface area contributed by atoms with Crippen LogP contribution < -0.4 is 10.3 Å². The molecule has 2 rings (SSSR count). The lowest BCUT2D eigenvalue weighted by Crippen LogP contribution is -2.14. The monoisotopic (exact) mass is 281 g/mol. The molecule has 0 aliphatic rings. The van der Waals surface area contributed by atoms with Crippen LogP contribution in [0.25, 0.3) is 10.9 Å². The summed E-state index contributed by atoms with van der Waals surface area (Å²) in [6.45, 7) is 0. The second kappa shape index (κ2) is 5.32. The van der Waals surface area contributed by atoms with Crippen LogP contribution in [0.4, 0.5) is 0 Å². The van der Waals surface area contributed by atoms with Crippen molar-refractivity contribution >= 4 is 28.5 Å². The van der Waals surface area contributed by atoms with Gasteiger partial charge in [-0.1, -0.05) is 11.6 Å². The van der Waals surface area contributed by atoms with Gasteiger partial charge in [0.05, 0.1) is 17.6 Å². The van der Waals surface area contributed by atoms with Crippen LogP contribution in [0.5, 0.6) is 5.75 Å². The average molecular weight is 282 g/mol. The second-order valence-corrected chi connectivity index (χ2v) is 4.46. The topological polar surface area (TPSA) is 79.4 Å². The third kappa shape index (κ3) is 2.71. The van der Waals surface area contributed by atoms with Gasteiger partial charge in [0.25, 0.3) is 5.56 Å². The van der Waals surface area contributed by atoms with Crippen molar-refractivity contribution in [3.63, 3.8) is 0 Å². The number of aryl methyl sites for hydroxylation is 1. The lowest BCUT2D eigenvalue weighted by Gasteiger charge is -2.08. The maximum absolute atomic E-state index is 11.8. The number of aromatic amines is 1. The summed E-state index contributed by atoms with van der Waals surface area (Å²) >= 11 is 6.02. The van der Waals surface area contributed by atoms with Gasteiger partial charge in [-0.2, -0.15) is 0 Å². The maximum atomic E-state index is 11.8. The molecule has 1 aromatic carbocycles. The first-order chi connectivity index (χ1) is 9.02. The van der Waals surface area contributed by atoms with Crippen LogP contribution in [0.1, 0.15) is 12.0 Å². The number of aliphatic carboxylic acids is 1. The van der Waals surface area contributed by atoms with Crippen molar-refractivity contribution in [2.45, 2.75) is 12.8 Å². The highest BCUT2D eigenvalue weighted by molar-refractivity contribution is 6.35. The lowest BCUT2D eigenvalue weighted by atomic mass is 10.1. The van der Waals surface area contributed by atoms with Gasteiger partial charge in [0.2, 0.25) is 0 Å². The molecule has 1 heterocycles. The fourth-order valence-electron chi connectivity index (χ4n) is 1.88. The molecule has 2 aromatic rings. The van der Waals surface area contributed by atoms with E-state index in [0.717, 1.165) is 0 Å². The molecule has 0 saturated heterocycles. The zero-order valence-corrected chi connectivity index (χ0v) is 11.0. The Morgan fingerprint density at radius 2 is 2.21 bits per heavy atom. The first-order valence-electron chi connectivity index (χ1n) is 5.63. The van der Waals surface area contributed by atoms with Gasteiger partial charge in [0.1, 0.15) is 5.75 Å². The highest BCUT2D eigenvalue weighted by Gasteiger charge is 2.11. The SMILES string of the molecule is COc1ccc(Cl)c2[nH]c(=O)c(CCC(=O)O)cc12. The van der Waals surface area contributed by atoms with E-state index in [-0.39, 0.29) is 18.4 Å². The Hall–Kier alpha value is -2.01. The third-order valence-electron chi connectivity index (χ3n) is 2.83. The molecule has 0 aliphatic heterocycles. The predicted octanol–water partition coefficient (Wildman–Crippen LogP) is 2.21. The molecule has 100 valence electrons. The van der Waals surface area contributed by atoms with E-state index in [1.54, 1.807) is 18.2 Å². The molecule has 0 aliphatic carbocycles. The van der Waals surface area contributed by atoms with Gasteiger partial charge in [0, 0.05) is 17.4 Å². The molecule has 2 N–H and O–H groups in total. The molecule has 0 saturated carbocycles. The molecular weight excluding hydrogens is 270 g/mol. The number of hydrogen-bond donors (Lipinski definition) is 2. The van der Waals surface area contributed by atoms with Crippen molar-refractivity contribution in [1.29, 1.82) is 0 Å². The Balaban J connectivity index is 2.59. The smallest absolute Gasteiger partial charge is 0.303 e. The van der Waals surface area contributed by atoms with Crippen molar-refractivity contribution in [3.05, 3.63) is 39.1 Å². The van der Waals surface area contributed by atoms with E-state index in [1.807, 2.05) is 0 Å². The Labute approximate surface area is 113 Å². The van der Waals surface area contributed by atoms with E-state index < -0.39 is 5.97 Å². The molecule has 0 fully saturated rings. The van der Waals surface area contributed by atoms with Gasteiger partial charge >= 0.3 is 5.97 Å². The first kappa shape index (κ1) is 13.4. The Morgan fingerprint density at radius 3 is 2.84 bits per heavy atom.